The number of guanidine groups is 1. The fraction of sp³-hybridized carbons (Fsp3) is 0.429. The van der Waals surface area contributed by atoms with E-state index in [1.165, 1.54) is 12.8 Å². The molecule has 0 unspecified atom stereocenters. The van der Waals surface area contributed by atoms with Crippen molar-refractivity contribution in [1.29, 1.82) is 0 Å². The van der Waals surface area contributed by atoms with E-state index in [1.54, 1.807) is 43.8 Å². The summed E-state index contributed by atoms with van der Waals surface area (Å²) in [5.74, 6) is 2.29. The maximum Gasteiger partial charge on any atom is 0.309 e. The van der Waals surface area contributed by atoms with Crippen LogP contribution in [0.15, 0.2) is 59.2 Å². The maximum absolute atomic E-state index is 12.9. The van der Waals surface area contributed by atoms with E-state index in [0.717, 1.165) is 55.6 Å². The number of aromatic nitrogens is 1. The van der Waals surface area contributed by atoms with Crippen molar-refractivity contribution in [3.05, 3.63) is 59.8 Å². The van der Waals surface area contributed by atoms with E-state index in [9.17, 15) is 9.59 Å². The van der Waals surface area contributed by atoms with Gasteiger partial charge in [0.05, 0.1) is 12.8 Å². The van der Waals surface area contributed by atoms with Gasteiger partial charge in [-0.3, -0.25) is 19.9 Å². The summed E-state index contributed by atoms with van der Waals surface area (Å²) in [4.78, 5) is 39.1. The van der Waals surface area contributed by atoms with E-state index in [0.29, 0.717) is 40.5 Å². The number of quaternary nitrogens is 1. The summed E-state index contributed by atoms with van der Waals surface area (Å²) >= 11 is 0. The Bertz CT molecular complexity index is 1310. The molecule has 3 aliphatic heterocycles. The van der Waals surface area contributed by atoms with E-state index in [-0.39, 0.29) is 11.8 Å². The lowest BCUT2D eigenvalue weighted by molar-refractivity contribution is -0.696. The largest absolute Gasteiger partial charge is 0.495 e. The standard InChI is InChI=1S/C28H33N7O3/c1-33-23-18-35(15-16-35)28(32-26(23)34(14-11-25(33)36)21-5-3-4-6-21)31-22-8-7-19(17-24(22)38-2)27(37)30-20-9-12-29-13-10-20/h7-10,12-13,17,21H,3-6,11,14-16,18H2,1-2H3,(H-,29,30,31,32,37)/p+1. The molecule has 1 saturated carbocycles. The number of pyridine rings is 1. The first-order chi connectivity index (χ1) is 18.5. The summed E-state index contributed by atoms with van der Waals surface area (Å²) in [7, 11) is 3.49. The number of amides is 2. The molecule has 2 fully saturated rings. The second kappa shape index (κ2) is 9.75. The topological polar surface area (TPSA) is 99.2 Å². The number of ether oxygens (including phenoxy) is 1. The first kappa shape index (κ1) is 24.4. The van der Waals surface area contributed by atoms with Crippen LogP contribution in [-0.2, 0) is 4.79 Å². The van der Waals surface area contributed by atoms with Crippen molar-refractivity contribution in [2.75, 3.05) is 51.0 Å². The number of likely N-dealkylation sites (N-methyl/N-ethyl adjacent to an activating group) is 1. The predicted molar refractivity (Wildman–Crippen MR) is 144 cm³/mol. The van der Waals surface area contributed by atoms with Gasteiger partial charge in [-0.15, -0.1) is 0 Å². The van der Waals surface area contributed by atoms with Crippen molar-refractivity contribution in [1.82, 2.24) is 14.8 Å². The molecule has 10 nitrogen and oxygen atoms in total. The molecular formula is C28H34N7O3+. The van der Waals surface area contributed by atoms with Crippen molar-refractivity contribution in [2.45, 2.75) is 38.1 Å². The lowest BCUT2D eigenvalue weighted by atomic mass is 10.1. The SMILES string of the molecule is COc1cc(C(=O)Nc2ccncc2)ccc1NC1=NC2=C(C[N+]13CC3)N(C)C(=O)CCN2C1CCCC1. The Balaban J connectivity index is 1.30. The molecule has 1 aromatic carbocycles. The van der Waals surface area contributed by atoms with Gasteiger partial charge in [-0.25, -0.2) is 4.48 Å². The molecule has 1 aromatic heterocycles. The summed E-state index contributed by atoms with van der Waals surface area (Å²) in [5.41, 5.74) is 2.95. The summed E-state index contributed by atoms with van der Waals surface area (Å²) in [6.07, 6.45) is 8.51. The number of methoxy groups -OCH3 is 1. The lowest BCUT2D eigenvalue weighted by Gasteiger charge is -2.35. The number of nitrogens with one attached hydrogen (secondary N) is 2. The van der Waals surface area contributed by atoms with Crippen LogP contribution in [0.5, 0.6) is 5.75 Å². The minimum atomic E-state index is -0.223. The predicted octanol–water partition coefficient (Wildman–Crippen LogP) is 3.23. The number of hydrogen-bond donors (Lipinski definition) is 2. The second-order valence-corrected chi connectivity index (χ2v) is 10.5. The molecule has 2 aromatic rings. The van der Waals surface area contributed by atoms with Crippen molar-refractivity contribution >= 4 is 29.1 Å². The van der Waals surface area contributed by atoms with Crippen molar-refractivity contribution in [3.63, 3.8) is 0 Å². The molecule has 0 radical (unpaired) electrons. The third-order valence-corrected chi connectivity index (χ3v) is 8.17. The van der Waals surface area contributed by atoms with Gasteiger partial charge in [0.2, 0.25) is 5.91 Å². The fourth-order valence-corrected chi connectivity index (χ4v) is 5.73. The molecule has 1 spiro atoms. The van der Waals surface area contributed by atoms with Gasteiger partial charge in [-0.05, 0) is 43.2 Å². The molecule has 10 heteroatoms. The van der Waals surface area contributed by atoms with E-state index < -0.39 is 0 Å². The average Bonchev–Trinajstić information content (AvgIpc) is 3.52. The lowest BCUT2D eigenvalue weighted by Crippen LogP contribution is -2.48. The first-order valence-electron chi connectivity index (χ1n) is 13.4. The minimum absolute atomic E-state index is 0.159. The second-order valence-electron chi connectivity index (χ2n) is 10.5. The zero-order chi connectivity index (χ0) is 26.3. The maximum atomic E-state index is 12.9. The summed E-state index contributed by atoms with van der Waals surface area (Å²) in [6, 6.07) is 9.31. The van der Waals surface area contributed by atoms with Crippen molar-refractivity contribution in [2.24, 2.45) is 4.99 Å². The monoisotopic (exact) mass is 516 g/mol. The van der Waals surface area contributed by atoms with Crippen molar-refractivity contribution in [3.8, 4) is 5.75 Å². The average molecular weight is 517 g/mol. The Morgan fingerprint density at radius 2 is 1.89 bits per heavy atom. The van der Waals surface area contributed by atoms with Gasteiger partial charge in [0.25, 0.3) is 5.91 Å². The molecule has 0 atom stereocenters. The van der Waals surface area contributed by atoms with E-state index in [4.69, 9.17) is 9.73 Å². The number of hydrogen-bond acceptors (Lipinski definition) is 7. The van der Waals surface area contributed by atoms with Crippen LogP contribution in [0.25, 0.3) is 0 Å². The van der Waals surface area contributed by atoms with E-state index in [2.05, 4.69) is 20.5 Å². The Labute approximate surface area is 222 Å². The molecule has 38 heavy (non-hydrogen) atoms. The van der Waals surface area contributed by atoms with Crippen LogP contribution in [0.1, 0.15) is 42.5 Å². The zero-order valence-corrected chi connectivity index (χ0v) is 21.9. The summed E-state index contributed by atoms with van der Waals surface area (Å²) in [6.45, 7) is 3.36. The molecule has 0 bridgehead atoms. The Morgan fingerprint density at radius 3 is 2.61 bits per heavy atom. The highest BCUT2D eigenvalue weighted by molar-refractivity contribution is 6.05. The Morgan fingerprint density at radius 1 is 1.13 bits per heavy atom. The Hall–Kier alpha value is -3.92. The van der Waals surface area contributed by atoms with Crippen LogP contribution in [0.4, 0.5) is 11.4 Å². The van der Waals surface area contributed by atoms with Crippen LogP contribution in [0, 0.1) is 0 Å². The number of anilines is 2. The molecule has 198 valence electrons. The van der Waals surface area contributed by atoms with Gasteiger partial charge in [-0.1, -0.05) is 12.8 Å². The van der Waals surface area contributed by atoms with Gasteiger partial charge < -0.3 is 19.9 Å². The number of carbonyl (C=O) groups excluding carboxylic acids is 2. The van der Waals surface area contributed by atoms with Gasteiger partial charge in [-0.2, -0.15) is 4.99 Å². The number of carbonyl (C=O) groups is 2. The highest BCUT2D eigenvalue weighted by Gasteiger charge is 2.54. The van der Waals surface area contributed by atoms with Crippen LogP contribution < -0.4 is 15.4 Å². The number of aliphatic imine (C=N–C) groups is 1. The van der Waals surface area contributed by atoms with Crippen LogP contribution in [0.2, 0.25) is 0 Å². The number of benzene rings is 1. The van der Waals surface area contributed by atoms with Gasteiger partial charge >= 0.3 is 5.96 Å². The quantitative estimate of drug-likeness (QED) is 0.468. The van der Waals surface area contributed by atoms with E-state index >= 15 is 0 Å². The number of rotatable bonds is 5. The van der Waals surface area contributed by atoms with Gasteiger partial charge in [0.15, 0.2) is 5.82 Å². The molecule has 2 N–H and O–H groups in total. The Kier molecular flexibility index (Phi) is 6.27. The molecule has 1 aliphatic carbocycles. The molecule has 6 rings (SSSR count). The normalized spacial score (nSPS) is 20.7. The molecule has 4 heterocycles. The first-order valence-corrected chi connectivity index (χ1v) is 13.4. The highest BCUT2D eigenvalue weighted by atomic mass is 16.5. The minimum Gasteiger partial charge on any atom is -0.495 e. The zero-order valence-electron chi connectivity index (χ0n) is 21.9. The third-order valence-electron chi connectivity index (χ3n) is 8.17. The van der Waals surface area contributed by atoms with E-state index in [1.807, 2.05) is 18.0 Å². The van der Waals surface area contributed by atoms with Crippen LogP contribution >= 0.6 is 0 Å². The molecular weight excluding hydrogens is 482 g/mol. The van der Waals surface area contributed by atoms with Crippen LogP contribution in [0.3, 0.4) is 0 Å². The smallest absolute Gasteiger partial charge is 0.309 e. The molecule has 4 aliphatic rings. The van der Waals surface area contributed by atoms with Crippen molar-refractivity contribution < 1.29 is 18.8 Å². The fourth-order valence-electron chi connectivity index (χ4n) is 5.73. The molecule has 1 saturated heterocycles. The number of nitrogens with zero attached hydrogens (tertiary/aromatic N) is 5. The summed E-state index contributed by atoms with van der Waals surface area (Å²) in [5, 5.41) is 6.44. The molecule has 2 amide bonds. The third kappa shape index (κ3) is 4.49. The van der Waals surface area contributed by atoms with Gasteiger partial charge in [0.1, 0.15) is 31.1 Å². The highest BCUT2D eigenvalue weighted by Crippen LogP contribution is 2.39. The van der Waals surface area contributed by atoms with Gasteiger partial charge in [0, 0.05) is 49.7 Å². The van der Waals surface area contributed by atoms with Crippen LogP contribution in [-0.4, -0.2) is 83.4 Å². The summed E-state index contributed by atoms with van der Waals surface area (Å²) < 4.78 is 6.37.